The van der Waals surface area contributed by atoms with Crippen LogP contribution in [0.1, 0.15) is 200 Å². The van der Waals surface area contributed by atoms with Gasteiger partial charge in [-0.15, -0.1) is 0 Å². The lowest BCUT2D eigenvalue weighted by molar-refractivity contribution is -0.161. The number of unbranched alkanes of at least 4 members (excludes halogenated alkanes) is 25. The number of aliphatic hydroxyl groups is 2. The van der Waals surface area contributed by atoms with Crippen molar-refractivity contribution < 1.29 is 47.8 Å². The lowest BCUT2D eigenvalue weighted by Crippen LogP contribution is -2.29. The fourth-order valence-electron chi connectivity index (χ4n) is 5.82. The summed E-state index contributed by atoms with van der Waals surface area (Å²) in [6.45, 7) is 2.38. The summed E-state index contributed by atoms with van der Waals surface area (Å²) in [5.74, 6) is -0.915. The summed E-state index contributed by atoms with van der Waals surface area (Å²) in [6.07, 6.45) is 30.8. The third-order valence-corrected chi connectivity index (χ3v) is 9.96. The van der Waals surface area contributed by atoms with E-state index < -0.39 is 51.8 Å². The van der Waals surface area contributed by atoms with Crippen LogP contribution in [-0.4, -0.2) is 65.7 Å². The van der Waals surface area contributed by atoms with Gasteiger partial charge in [0.25, 0.3) is 0 Å². The molecular weight excluding hydrogens is 659 g/mol. The van der Waals surface area contributed by atoms with Crippen LogP contribution in [0.3, 0.4) is 0 Å². The SMILES string of the molecule is CCCCCCCCCCCCCCCCCCCCC(=O)OC(COC(=O)CCCCCCCCCCC)COP(=O)(O)OCC(O)CO. The van der Waals surface area contributed by atoms with Crippen LogP contribution < -0.4 is 0 Å². The number of hydrogen-bond donors (Lipinski definition) is 3. The van der Waals surface area contributed by atoms with Crippen molar-refractivity contribution in [2.75, 3.05) is 26.4 Å². The van der Waals surface area contributed by atoms with Crippen molar-refractivity contribution in [2.24, 2.45) is 0 Å². The van der Waals surface area contributed by atoms with E-state index in [0.29, 0.717) is 12.8 Å². The molecule has 3 atom stereocenters. The van der Waals surface area contributed by atoms with Gasteiger partial charge in [-0.2, -0.15) is 0 Å². The first-order valence-corrected chi connectivity index (χ1v) is 22.0. The van der Waals surface area contributed by atoms with Gasteiger partial charge in [-0.25, -0.2) is 4.57 Å². The number of esters is 2. The van der Waals surface area contributed by atoms with E-state index in [0.717, 1.165) is 38.5 Å². The molecule has 0 rings (SSSR count). The van der Waals surface area contributed by atoms with Gasteiger partial charge >= 0.3 is 19.8 Å². The molecule has 3 unspecified atom stereocenters. The second-order valence-electron chi connectivity index (χ2n) is 14.0. The first-order valence-electron chi connectivity index (χ1n) is 20.5. The van der Waals surface area contributed by atoms with Crippen LogP contribution in [-0.2, 0) is 32.7 Å². The van der Waals surface area contributed by atoms with Crippen molar-refractivity contribution in [1.82, 2.24) is 0 Å². The highest BCUT2D eigenvalue weighted by atomic mass is 31.2. The van der Waals surface area contributed by atoms with E-state index in [4.69, 9.17) is 19.1 Å². The van der Waals surface area contributed by atoms with Gasteiger partial charge in [-0.05, 0) is 12.8 Å². The molecular formula is C39H77O10P. The lowest BCUT2D eigenvalue weighted by Gasteiger charge is -2.20. The number of phosphoric acid groups is 1. The number of aliphatic hydroxyl groups excluding tert-OH is 2. The van der Waals surface area contributed by atoms with Gasteiger partial charge in [-0.3, -0.25) is 18.6 Å². The van der Waals surface area contributed by atoms with E-state index in [1.54, 1.807) is 0 Å². The smallest absolute Gasteiger partial charge is 0.462 e. The number of hydrogen-bond acceptors (Lipinski definition) is 9. The minimum Gasteiger partial charge on any atom is -0.462 e. The molecule has 0 amide bonds. The van der Waals surface area contributed by atoms with E-state index in [1.165, 1.54) is 122 Å². The summed E-state index contributed by atoms with van der Waals surface area (Å²) in [5.41, 5.74) is 0. The average Bonchev–Trinajstić information content (AvgIpc) is 3.10. The Morgan fingerprint density at radius 2 is 0.860 bits per heavy atom. The molecule has 0 bridgehead atoms. The van der Waals surface area contributed by atoms with Gasteiger partial charge in [0.05, 0.1) is 19.8 Å². The molecule has 0 aliphatic rings. The molecule has 0 aliphatic heterocycles. The third kappa shape index (κ3) is 35.4. The molecule has 298 valence electrons. The quantitative estimate of drug-likeness (QED) is 0.0316. The third-order valence-electron chi connectivity index (χ3n) is 9.01. The summed E-state index contributed by atoms with van der Waals surface area (Å²) in [7, 11) is -4.60. The van der Waals surface area contributed by atoms with Crippen molar-refractivity contribution in [3.05, 3.63) is 0 Å². The zero-order valence-corrected chi connectivity index (χ0v) is 33.0. The van der Waals surface area contributed by atoms with Crippen LogP contribution in [0.25, 0.3) is 0 Å². The maximum absolute atomic E-state index is 12.6. The molecule has 50 heavy (non-hydrogen) atoms. The van der Waals surface area contributed by atoms with Crippen molar-refractivity contribution in [1.29, 1.82) is 0 Å². The molecule has 0 saturated heterocycles. The first kappa shape index (κ1) is 49.0. The second-order valence-corrected chi connectivity index (χ2v) is 15.5. The zero-order valence-electron chi connectivity index (χ0n) is 32.1. The lowest BCUT2D eigenvalue weighted by atomic mass is 10.0. The molecule has 11 heteroatoms. The van der Waals surface area contributed by atoms with Crippen molar-refractivity contribution in [2.45, 2.75) is 212 Å². The van der Waals surface area contributed by atoms with Gasteiger partial charge in [-0.1, -0.05) is 174 Å². The predicted molar refractivity (Wildman–Crippen MR) is 201 cm³/mol. The Bertz CT molecular complexity index is 812. The minimum atomic E-state index is -4.60. The summed E-state index contributed by atoms with van der Waals surface area (Å²) < 4.78 is 32.6. The molecule has 0 aromatic rings. The summed E-state index contributed by atoms with van der Waals surface area (Å²) in [6, 6.07) is 0. The van der Waals surface area contributed by atoms with Crippen molar-refractivity contribution in [3.63, 3.8) is 0 Å². The van der Waals surface area contributed by atoms with Crippen LogP contribution in [0.15, 0.2) is 0 Å². The van der Waals surface area contributed by atoms with E-state index in [-0.39, 0.29) is 19.4 Å². The van der Waals surface area contributed by atoms with Crippen LogP contribution in [0, 0.1) is 0 Å². The Balaban J connectivity index is 4.22. The van der Waals surface area contributed by atoms with Crippen molar-refractivity contribution in [3.8, 4) is 0 Å². The fourth-order valence-corrected chi connectivity index (χ4v) is 6.61. The largest absolute Gasteiger partial charge is 0.472 e. The first-order chi connectivity index (χ1) is 24.2. The Morgan fingerprint density at radius 3 is 1.24 bits per heavy atom. The second kappa shape index (κ2) is 36.3. The fraction of sp³-hybridized carbons (Fsp3) is 0.949. The van der Waals surface area contributed by atoms with E-state index in [1.807, 2.05) is 0 Å². The van der Waals surface area contributed by atoms with Gasteiger partial charge < -0.3 is 24.6 Å². The number of phosphoric ester groups is 1. The number of rotatable bonds is 39. The Morgan fingerprint density at radius 1 is 0.520 bits per heavy atom. The standard InChI is InChI=1S/C39H77O10P/c1-3-5-7-9-11-13-14-15-16-17-18-19-20-21-23-25-27-29-31-39(43)49-37(35-48-50(44,45)47-33-36(41)32-40)34-46-38(42)30-28-26-24-22-12-10-8-6-4-2/h36-37,40-41H,3-35H2,1-2H3,(H,44,45). The topological polar surface area (TPSA) is 149 Å². The minimum absolute atomic E-state index is 0.192. The number of carbonyl (C=O) groups excluding carboxylic acids is 2. The maximum Gasteiger partial charge on any atom is 0.472 e. The summed E-state index contributed by atoms with van der Waals surface area (Å²) in [4.78, 5) is 34.8. The molecule has 0 aromatic heterocycles. The number of ether oxygens (including phenoxy) is 2. The summed E-state index contributed by atoms with van der Waals surface area (Å²) >= 11 is 0. The highest BCUT2D eigenvalue weighted by Crippen LogP contribution is 2.43. The highest BCUT2D eigenvalue weighted by molar-refractivity contribution is 7.47. The van der Waals surface area contributed by atoms with E-state index in [9.17, 15) is 24.2 Å². The van der Waals surface area contributed by atoms with Gasteiger partial charge in [0, 0.05) is 12.8 Å². The zero-order chi connectivity index (χ0) is 37.0. The van der Waals surface area contributed by atoms with Crippen LogP contribution >= 0.6 is 7.82 Å². The maximum atomic E-state index is 12.6. The predicted octanol–water partition coefficient (Wildman–Crippen LogP) is 10.3. The molecule has 0 saturated carbocycles. The van der Waals surface area contributed by atoms with Gasteiger partial charge in [0.1, 0.15) is 12.7 Å². The molecule has 0 spiro atoms. The van der Waals surface area contributed by atoms with Crippen molar-refractivity contribution >= 4 is 19.8 Å². The molecule has 10 nitrogen and oxygen atoms in total. The van der Waals surface area contributed by atoms with Crippen LogP contribution in [0.4, 0.5) is 0 Å². The molecule has 0 aromatic carbocycles. The average molecular weight is 737 g/mol. The highest BCUT2D eigenvalue weighted by Gasteiger charge is 2.27. The van der Waals surface area contributed by atoms with Crippen LogP contribution in [0.2, 0.25) is 0 Å². The molecule has 0 fully saturated rings. The monoisotopic (exact) mass is 737 g/mol. The molecule has 0 heterocycles. The molecule has 0 aliphatic carbocycles. The Labute approximate surface area is 305 Å². The van der Waals surface area contributed by atoms with E-state index in [2.05, 4.69) is 18.4 Å². The molecule has 0 radical (unpaired) electrons. The van der Waals surface area contributed by atoms with E-state index >= 15 is 0 Å². The normalized spacial score (nSPS) is 13.9. The number of carbonyl (C=O) groups is 2. The molecule has 3 N–H and O–H groups in total. The van der Waals surface area contributed by atoms with Crippen LogP contribution in [0.5, 0.6) is 0 Å². The van der Waals surface area contributed by atoms with Gasteiger partial charge in [0.2, 0.25) is 0 Å². The Hall–Kier alpha value is -1.03. The van der Waals surface area contributed by atoms with Gasteiger partial charge in [0.15, 0.2) is 6.10 Å². The summed E-state index contributed by atoms with van der Waals surface area (Å²) in [5, 5.41) is 18.3. The Kier molecular flexibility index (Phi) is 35.6.